The number of nitrogens with one attached hydrogen (secondary N) is 1. The van der Waals surface area contributed by atoms with Gasteiger partial charge in [0.05, 0.1) is 30.2 Å². The van der Waals surface area contributed by atoms with Crippen LogP contribution in [0, 0.1) is 0 Å². The molecule has 0 radical (unpaired) electrons. The lowest BCUT2D eigenvalue weighted by Crippen LogP contribution is -2.22. The van der Waals surface area contributed by atoms with E-state index in [0.717, 1.165) is 0 Å². The van der Waals surface area contributed by atoms with E-state index in [1.165, 1.54) is 26.4 Å². The molecule has 1 N–H and O–H groups in total. The van der Waals surface area contributed by atoms with Crippen LogP contribution in [0.3, 0.4) is 0 Å². The van der Waals surface area contributed by atoms with E-state index >= 15 is 0 Å². The first-order valence-corrected chi connectivity index (χ1v) is 7.17. The summed E-state index contributed by atoms with van der Waals surface area (Å²) < 4.78 is 36.2. The zero-order valence-corrected chi connectivity index (χ0v) is 12.2. The fraction of sp³-hybridized carbons (Fsp3) is 0.455. The van der Waals surface area contributed by atoms with Gasteiger partial charge in [-0.1, -0.05) is 11.6 Å². The van der Waals surface area contributed by atoms with E-state index in [2.05, 4.69) is 4.72 Å². The van der Waals surface area contributed by atoms with E-state index in [9.17, 15) is 8.42 Å². The Morgan fingerprint density at radius 1 is 1.17 bits per heavy atom. The summed E-state index contributed by atoms with van der Waals surface area (Å²) in [4.78, 5) is 0. The second-order valence-corrected chi connectivity index (χ2v) is 6.53. The molecule has 0 bridgehead atoms. The molecule has 1 aromatic rings. The van der Waals surface area contributed by atoms with Gasteiger partial charge in [-0.25, -0.2) is 8.42 Å². The number of hydrogen-bond donors (Lipinski definition) is 1. The molecule has 0 heterocycles. The van der Waals surface area contributed by atoms with Gasteiger partial charge in [0.2, 0.25) is 10.0 Å². The monoisotopic (exact) mass is 293 g/mol. The van der Waals surface area contributed by atoms with Crippen LogP contribution < -0.4 is 14.2 Å². The Hall–Kier alpha value is -1.14. The van der Waals surface area contributed by atoms with Crippen molar-refractivity contribution in [1.82, 2.24) is 0 Å². The van der Waals surface area contributed by atoms with Gasteiger partial charge in [-0.05, 0) is 19.9 Å². The minimum absolute atomic E-state index is 0.289. The van der Waals surface area contributed by atoms with Crippen molar-refractivity contribution in [1.29, 1.82) is 0 Å². The third-order valence-corrected chi connectivity index (χ3v) is 4.39. The molecule has 0 amide bonds. The van der Waals surface area contributed by atoms with Crippen molar-refractivity contribution < 1.29 is 17.9 Å². The van der Waals surface area contributed by atoms with Gasteiger partial charge < -0.3 is 9.47 Å². The minimum Gasteiger partial charge on any atom is -0.495 e. The van der Waals surface area contributed by atoms with Gasteiger partial charge in [0, 0.05) is 6.07 Å². The zero-order chi connectivity index (χ0) is 13.9. The Bertz CT molecular complexity index is 528. The van der Waals surface area contributed by atoms with Gasteiger partial charge in [-0.2, -0.15) is 0 Å². The molecule has 0 unspecified atom stereocenters. The maximum absolute atomic E-state index is 11.8. The van der Waals surface area contributed by atoms with Crippen LogP contribution in [0.25, 0.3) is 0 Å². The van der Waals surface area contributed by atoms with Crippen LogP contribution in [0.4, 0.5) is 5.69 Å². The van der Waals surface area contributed by atoms with Crippen LogP contribution in [0.5, 0.6) is 11.5 Å². The lowest BCUT2D eigenvalue weighted by molar-refractivity contribution is 0.396. The van der Waals surface area contributed by atoms with Gasteiger partial charge in [-0.15, -0.1) is 0 Å². The average molecular weight is 294 g/mol. The third-order valence-electron chi connectivity index (χ3n) is 2.35. The highest BCUT2D eigenvalue weighted by Gasteiger charge is 2.19. The molecular weight excluding hydrogens is 278 g/mol. The summed E-state index contributed by atoms with van der Waals surface area (Å²) in [6.07, 6.45) is 0. The summed E-state index contributed by atoms with van der Waals surface area (Å²) >= 11 is 5.95. The highest BCUT2D eigenvalue weighted by atomic mass is 35.5. The highest BCUT2D eigenvalue weighted by molar-refractivity contribution is 7.93. The molecule has 0 fully saturated rings. The molecule has 0 aromatic heterocycles. The lowest BCUT2D eigenvalue weighted by atomic mass is 10.3. The van der Waals surface area contributed by atoms with Gasteiger partial charge >= 0.3 is 0 Å². The Balaban J connectivity index is 3.21. The maximum Gasteiger partial charge on any atom is 0.235 e. The van der Waals surface area contributed by atoms with Crippen LogP contribution in [0.1, 0.15) is 13.8 Å². The number of benzene rings is 1. The van der Waals surface area contributed by atoms with Crippen LogP contribution in [-0.2, 0) is 10.0 Å². The number of hydrogen-bond acceptors (Lipinski definition) is 4. The minimum atomic E-state index is -3.45. The van der Waals surface area contributed by atoms with Crippen molar-refractivity contribution in [3.05, 3.63) is 17.2 Å². The largest absolute Gasteiger partial charge is 0.495 e. The maximum atomic E-state index is 11.8. The van der Waals surface area contributed by atoms with E-state index < -0.39 is 15.3 Å². The molecular formula is C11H16ClNO4S. The van der Waals surface area contributed by atoms with Crippen molar-refractivity contribution in [2.24, 2.45) is 0 Å². The second kappa shape index (κ2) is 5.67. The van der Waals surface area contributed by atoms with E-state index in [0.29, 0.717) is 16.5 Å². The number of ether oxygens (including phenoxy) is 2. The van der Waals surface area contributed by atoms with E-state index in [-0.39, 0.29) is 5.69 Å². The van der Waals surface area contributed by atoms with Crippen LogP contribution in [0.15, 0.2) is 12.1 Å². The molecule has 102 valence electrons. The predicted molar refractivity (Wildman–Crippen MR) is 72.2 cm³/mol. The summed E-state index contributed by atoms with van der Waals surface area (Å²) in [7, 11) is -0.538. The number of methoxy groups -OCH3 is 2. The Labute approximate surface area is 112 Å². The highest BCUT2D eigenvalue weighted by Crippen LogP contribution is 2.36. The summed E-state index contributed by atoms with van der Waals surface area (Å²) in [5, 5.41) is -0.247. The van der Waals surface area contributed by atoms with E-state index in [4.69, 9.17) is 21.1 Å². The molecule has 0 saturated heterocycles. The van der Waals surface area contributed by atoms with Crippen LogP contribution >= 0.6 is 11.6 Å². The van der Waals surface area contributed by atoms with Crippen LogP contribution in [-0.4, -0.2) is 27.9 Å². The Morgan fingerprint density at radius 3 is 2.17 bits per heavy atom. The first-order chi connectivity index (χ1) is 8.31. The fourth-order valence-electron chi connectivity index (χ4n) is 1.21. The topological polar surface area (TPSA) is 64.6 Å². The zero-order valence-electron chi connectivity index (χ0n) is 10.7. The van der Waals surface area contributed by atoms with Crippen molar-refractivity contribution >= 4 is 27.3 Å². The summed E-state index contributed by atoms with van der Waals surface area (Å²) in [6.45, 7) is 3.17. The third kappa shape index (κ3) is 3.20. The first kappa shape index (κ1) is 14.9. The van der Waals surface area contributed by atoms with Crippen molar-refractivity contribution in [2.75, 3.05) is 18.9 Å². The SMILES string of the molecule is COc1cc(OC)c(NS(=O)(=O)C(C)C)cc1Cl. The van der Waals surface area contributed by atoms with Gasteiger partial charge in [0.15, 0.2) is 0 Å². The Morgan fingerprint density at radius 2 is 1.72 bits per heavy atom. The van der Waals surface area contributed by atoms with E-state index in [1.807, 2.05) is 0 Å². The standard InChI is InChI=1S/C11H16ClNO4S/c1-7(2)18(14,15)13-9-5-8(12)10(16-3)6-11(9)17-4/h5-7,13H,1-4H3. The number of sulfonamides is 1. The molecule has 0 atom stereocenters. The summed E-state index contributed by atoms with van der Waals surface area (Å²) in [5.74, 6) is 0.765. The van der Waals surface area contributed by atoms with Gasteiger partial charge in [0.1, 0.15) is 11.5 Å². The van der Waals surface area contributed by atoms with E-state index in [1.54, 1.807) is 13.8 Å². The van der Waals surface area contributed by atoms with Gasteiger partial charge in [0.25, 0.3) is 0 Å². The normalized spacial score (nSPS) is 11.4. The summed E-state index contributed by atoms with van der Waals surface area (Å²) in [5.41, 5.74) is 0.289. The molecule has 5 nitrogen and oxygen atoms in total. The molecule has 7 heteroatoms. The molecule has 0 aliphatic rings. The van der Waals surface area contributed by atoms with Crippen molar-refractivity contribution in [3.8, 4) is 11.5 Å². The average Bonchev–Trinajstić information content (AvgIpc) is 2.28. The van der Waals surface area contributed by atoms with Crippen LogP contribution in [0.2, 0.25) is 5.02 Å². The fourth-order valence-corrected chi connectivity index (χ4v) is 2.15. The predicted octanol–water partition coefficient (Wildman–Crippen LogP) is 2.51. The second-order valence-electron chi connectivity index (χ2n) is 3.88. The number of halogens is 1. The quantitative estimate of drug-likeness (QED) is 0.906. The number of anilines is 1. The first-order valence-electron chi connectivity index (χ1n) is 5.25. The molecule has 0 aliphatic heterocycles. The van der Waals surface area contributed by atoms with Gasteiger partial charge in [-0.3, -0.25) is 4.72 Å². The molecule has 1 aromatic carbocycles. The van der Waals surface area contributed by atoms with Crippen molar-refractivity contribution in [3.63, 3.8) is 0 Å². The molecule has 18 heavy (non-hydrogen) atoms. The molecule has 0 saturated carbocycles. The lowest BCUT2D eigenvalue weighted by Gasteiger charge is -2.15. The Kier molecular flexibility index (Phi) is 4.70. The molecule has 0 spiro atoms. The summed E-state index contributed by atoms with van der Waals surface area (Å²) in [6, 6.07) is 2.99. The van der Waals surface area contributed by atoms with Crippen molar-refractivity contribution in [2.45, 2.75) is 19.1 Å². The smallest absolute Gasteiger partial charge is 0.235 e. The molecule has 1 rings (SSSR count). The molecule has 0 aliphatic carbocycles. The number of rotatable bonds is 5.